The largest absolute Gasteiger partial charge is 1.00 e. The van der Waals surface area contributed by atoms with Crippen molar-refractivity contribution in [1.29, 1.82) is 0 Å². The maximum Gasteiger partial charge on any atom is 1.00 e. The van der Waals surface area contributed by atoms with Crippen molar-refractivity contribution in [1.82, 2.24) is 28.9 Å². The minimum Gasteiger partial charge on any atom is -0.870 e. The zero-order valence-corrected chi connectivity index (χ0v) is 46.2. The number of benzene rings is 2. The number of carbonyl (C=O) groups is 2. The number of hydrogen-bond acceptors (Lipinski definition) is 14. The number of fused-ring (bicyclic) bond motifs is 6. The van der Waals surface area contributed by atoms with E-state index in [-0.39, 0.29) is 116 Å². The van der Waals surface area contributed by atoms with Gasteiger partial charge in [-0.3, -0.25) is 29.0 Å². The molecule has 4 saturated heterocycles. The summed E-state index contributed by atoms with van der Waals surface area (Å²) < 4.78 is 8.98. The van der Waals surface area contributed by atoms with Gasteiger partial charge in [-0.1, -0.05) is 88.5 Å². The normalized spacial score (nSPS) is 24.8. The van der Waals surface area contributed by atoms with Gasteiger partial charge in [-0.15, -0.1) is 0 Å². The summed E-state index contributed by atoms with van der Waals surface area (Å²) in [6.07, 6.45) is 27.3. The summed E-state index contributed by atoms with van der Waals surface area (Å²) in [5.74, 6) is -1.14. The Balaban J connectivity index is 0.000000211. The molecule has 4 N–H and O–H groups in total. The Kier molecular flexibility index (Phi) is 21.4. The molecule has 6 atom stereocenters. The Morgan fingerprint density at radius 2 is 0.919 bits per heavy atom. The van der Waals surface area contributed by atoms with E-state index in [9.17, 15) is 34.5 Å². The number of esters is 1. The van der Waals surface area contributed by atoms with E-state index in [2.05, 4.69) is 19.8 Å². The molecule has 2 aliphatic carbocycles. The third-order valence-corrected chi connectivity index (χ3v) is 17.1. The van der Waals surface area contributed by atoms with Gasteiger partial charge >= 0.3 is 41.5 Å². The first-order chi connectivity index (χ1) is 35.2. The van der Waals surface area contributed by atoms with Crippen LogP contribution in [0.25, 0.3) is 22.1 Å². The number of aliphatic hydroxyl groups excluding tert-OH is 2. The zero-order chi connectivity index (χ0) is 50.1. The molecule has 18 heteroatoms. The first-order valence-corrected chi connectivity index (χ1v) is 27.8. The van der Waals surface area contributed by atoms with E-state index in [1.807, 2.05) is 57.7 Å². The molecule has 4 aliphatic heterocycles. The van der Waals surface area contributed by atoms with Crippen molar-refractivity contribution < 1.29 is 64.7 Å². The number of nitrogens with zero attached hydrogens (tertiary/aromatic N) is 8. The first kappa shape index (κ1) is 57.8. The Morgan fingerprint density at radius 3 is 1.28 bits per heavy atom. The van der Waals surface area contributed by atoms with Crippen molar-refractivity contribution in [2.45, 2.75) is 197 Å². The van der Waals surface area contributed by atoms with E-state index in [1.54, 1.807) is 11.8 Å². The number of aliphatic carboxylic acids is 1. The number of rotatable bonds is 15. The Morgan fingerprint density at radius 1 is 0.554 bits per heavy atom. The van der Waals surface area contributed by atoms with E-state index in [1.165, 1.54) is 120 Å². The van der Waals surface area contributed by atoms with Crippen molar-refractivity contribution in [2.75, 3.05) is 55.8 Å². The van der Waals surface area contributed by atoms with Gasteiger partial charge in [-0.25, -0.2) is 9.97 Å². The summed E-state index contributed by atoms with van der Waals surface area (Å²) in [5, 5.41) is 28.6. The van der Waals surface area contributed by atoms with E-state index in [0.717, 1.165) is 42.2 Å². The summed E-state index contributed by atoms with van der Waals surface area (Å²) in [7, 11) is 0. The van der Waals surface area contributed by atoms with Crippen LogP contribution >= 0.6 is 0 Å². The first-order valence-electron chi connectivity index (χ1n) is 27.8. The number of carbonyl (C=O) groups excluding carboxylic acids is 1. The van der Waals surface area contributed by atoms with E-state index < -0.39 is 11.9 Å². The molecule has 6 fully saturated rings. The van der Waals surface area contributed by atoms with Crippen LogP contribution in [0.5, 0.6) is 0 Å². The molecule has 10 rings (SSSR count). The zero-order valence-electron chi connectivity index (χ0n) is 44.2. The quantitative estimate of drug-likeness (QED) is 0.111. The number of hydrogen-bond donors (Lipinski definition) is 3. The van der Waals surface area contributed by atoms with Gasteiger partial charge in [0.15, 0.2) is 11.6 Å². The molecule has 4 aromatic rings. The van der Waals surface area contributed by atoms with Crippen LogP contribution in [0.2, 0.25) is 0 Å². The summed E-state index contributed by atoms with van der Waals surface area (Å²) in [4.78, 5) is 69.6. The number of aromatic nitrogens is 4. The molecule has 4 bridgehead atoms. The molecular formula is C56H81N8NaO9. The monoisotopic (exact) mass is 1030 g/mol. The van der Waals surface area contributed by atoms with Crippen molar-refractivity contribution in [2.24, 2.45) is 0 Å². The third kappa shape index (κ3) is 13.1. The second-order valence-corrected chi connectivity index (χ2v) is 21.6. The smallest absolute Gasteiger partial charge is 0.870 e. The van der Waals surface area contributed by atoms with Gasteiger partial charge in [0.2, 0.25) is 0 Å². The van der Waals surface area contributed by atoms with Gasteiger partial charge in [0, 0.05) is 61.4 Å². The molecule has 17 nitrogen and oxygen atoms in total. The maximum atomic E-state index is 14.0. The molecule has 0 spiro atoms. The molecular weight excluding hydrogens is 952 g/mol. The SMILES string of the molecule is CCOC(=O)CN(CCO)c1nc2ccccc2n(C2C[C@H]3CC[C@@H](C2)N3C2CCCCCCC2)c1=O.O=C(O)CN(CCO)c1nc2ccccc2n(C2C[C@H]3CC[C@@H](C2)N3C2CCCCCCC2)c1=O.[Na+].[OH-]. The van der Waals surface area contributed by atoms with Crippen LogP contribution in [0.3, 0.4) is 0 Å². The summed E-state index contributed by atoms with van der Waals surface area (Å²) in [6, 6.07) is 19.0. The Hall–Kier alpha value is -3.94. The van der Waals surface area contributed by atoms with Crippen LogP contribution in [0, 0.1) is 0 Å². The van der Waals surface area contributed by atoms with Crippen molar-refractivity contribution in [3.05, 3.63) is 69.2 Å². The van der Waals surface area contributed by atoms with Crippen LogP contribution in [-0.2, 0) is 14.3 Å². The van der Waals surface area contributed by atoms with E-state index >= 15 is 0 Å². The van der Waals surface area contributed by atoms with Gasteiger partial charge in [0.05, 0.1) is 41.9 Å². The number of ether oxygens (including phenoxy) is 1. The number of carboxylic acid groups (broad SMARTS) is 1. The summed E-state index contributed by atoms with van der Waals surface area (Å²) in [5.41, 5.74) is 2.65. The Labute approximate surface area is 458 Å². The average molecular weight is 1030 g/mol. The molecule has 6 heterocycles. The summed E-state index contributed by atoms with van der Waals surface area (Å²) in [6.45, 7) is 1.31. The fourth-order valence-electron chi connectivity index (χ4n) is 14.2. The fraction of sp³-hybridized carbons (Fsp3) is 0.679. The van der Waals surface area contributed by atoms with Crippen LogP contribution in [-0.4, -0.2) is 144 Å². The molecule has 2 saturated carbocycles. The van der Waals surface area contributed by atoms with Crippen molar-refractivity contribution in [3.8, 4) is 0 Å². The summed E-state index contributed by atoms with van der Waals surface area (Å²) >= 11 is 0. The second kappa shape index (κ2) is 27.4. The molecule has 6 aliphatic rings. The standard InChI is InChI=1S/C29H42N4O4.C27H38N4O4.Na.H2O/c1-2-37-27(35)20-31(16-17-34)28-29(36)33(26-13-9-8-12-25(26)30-28)24-18-22-14-15-23(19-24)32(22)21-10-6-4-3-5-7-11-21;32-15-14-29(18-25(33)34)26-27(35)31(24-11-7-6-10-23(24)28-26)22-16-20-12-13-21(17-22)30(20)19-8-4-2-1-3-5-9-19;;/h8-9,12-13,21-24,34H,2-7,10-11,14-20H2,1H3;6-7,10-11,19-22,32H,1-5,8-9,12-18H2,(H,33,34);;1H2/q;;+1;/p-1/t22-,23+,24?;20-,21+,22?;;. The van der Waals surface area contributed by atoms with Gasteiger partial charge in [0.25, 0.3) is 11.1 Å². The molecule has 74 heavy (non-hydrogen) atoms. The van der Waals surface area contributed by atoms with E-state index in [4.69, 9.17) is 4.74 Å². The van der Waals surface area contributed by atoms with Crippen molar-refractivity contribution in [3.63, 3.8) is 0 Å². The third-order valence-electron chi connectivity index (χ3n) is 17.1. The van der Waals surface area contributed by atoms with Crippen LogP contribution in [0.15, 0.2) is 58.1 Å². The number of piperidine rings is 2. The van der Waals surface area contributed by atoms with Gasteiger partial charge < -0.3 is 44.5 Å². The minimum absolute atomic E-state index is 0. The average Bonchev–Trinajstić information content (AvgIpc) is 3.75. The van der Waals surface area contributed by atoms with Gasteiger partial charge in [0.1, 0.15) is 13.1 Å². The number of anilines is 2. The number of para-hydroxylation sites is 4. The molecule has 0 radical (unpaired) electrons. The predicted molar refractivity (Wildman–Crippen MR) is 283 cm³/mol. The van der Waals surface area contributed by atoms with E-state index in [0.29, 0.717) is 41.8 Å². The van der Waals surface area contributed by atoms with Gasteiger partial charge in [-0.2, -0.15) is 0 Å². The van der Waals surface area contributed by atoms with Gasteiger partial charge in [-0.05, 0) is 108 Å². The van der Waals surface area contributed by atoms with Crippen molar-refractivity contribution >= 4 is 45.6 Å². The second-order valence-electron chi connectivity index (χ2n) is 21.6. The maximum absolute atomic E-state index is 14.0. The topological polar surface area (TPSA) is 217 Å². The predicted octanol–water partition coefficient (Wildman–Crippen LogP) is 4.43. The van der Waals surface area contributed by atoms with Crippen LogP contribution in [0.4, 0.5) is 11.6 Å². The molecule has 2 aromatic carbocycles. The van der Waals surface area contributed by atoms with Crippen LogP contribution in [0.1, 0.15) is 160 Å². The molecule has 2 unspecified atom stereocenters. The molecule has 400 valence electrons. The fourth-order valence-corrected chi connectivity index (χ4v) is 14.2. The molecule has 2 aromatic heterocycles. The van der Waals surface area contributed by atoms with Crippen LogP contribution < -0.4 is 50.5 Å². The number of carboxylic acids is 1. The molecule has 0 amide bonds. The minimum atomic E-state index is -1.05. The Bertz CT molecular complexity index is 2550. The number of aliphatic hydroxyl groups is 2.